The van der Waals surface area contributed by atoms with Crippen LogP contribution in [0.3, 0.4) is 0 Å². The van der Waals surface area contributed by atoms with E-state index in [1.165, 1.54) is 29.7 Å². The van der Waals surface area contributed by atoms with E-state index in [9.17, 15) is 0 Å². The van der Waals surface area contributed by atoms with Gasteiger partial charge < -0.3 is 5.32 Å². The van der Waals surface area contributed by atoms with Crippen molar-refractivity contribution in [2.45, 2.75) is 57.9 Å². The molecule has 1 rings (SSSR count). The van der Waals surface area contributed by atoms with Gasteiger partial charge in [0.15, 0.2) is 0 Å². The molecule has 1 atom stereocenters. The first kappa shape index (κ1) is 16.6. The van der Waals surface area contributed by atoms with Crippen molar-refractivity contribution < 1.29 is 0 Å². The smallest absolute Gasteiger partial charge is 0.0320 e. The van der Waals surface area contributed by atoms with E-state index in [0.717, 1.165) is 18.2 Å². The summed E-state index contributed by atoms with van der Waals surface area (Å²) in [6.45, 7) is 10.0. The summed E-state index contributed by atoms with van der Waals surface area (Å²) in [5.41, 5.74) is 1.44. The molecule has 0 saturated heterocycles. The number of hydrogen-bond donors (Lipinski definition) is 1. The Hall–Kier alpha value is -0.470. The first-order valence-corrected chi connectivity index (χ1v) is 8.62. The summed E-state index contributed by atoms with van der Waals surface area (Å²) in [4.78, 5) is 1.38. The van der Waals surface area contributed by atoms with Gasteiger partial charge in [0.25, 0.3) is 0 Å². The fourth-order valence-corrected chi connectivity index (χ4v) is 2.99. The number of rotatable bonds is 9. The standard InChI is InChI=1S/C17H29NS/c1-5-18-17(9-7-8-14(3)4)15-10-12-16(13-11-15)19-6-2/h10-14,17-18H,5-9H2,1-4H3. The zero-order valence-electron chi connectivity index (χ0n) is 12.9. The van der Waals surface area contributed by atoms with Crippen LogP contribution in [0.5, 0.6) is 0 Å². The Bertz CT molecular complexity index is 332. The lowest BCUT2D eigenvalue weighted by Gasteiger charge is -2.19. The van der Waals surface area contributed by atoms with E-state index in [2.05, 4.69) is 57.3 Å². The normalized spacial score (nSPS) is 12.9. The molecule has 0 aliphatic rings. The van der Waals surface area contributed by atoms with Crippen molar-refractivity contribution in [1.82, 2.24) is 5.32 Å². The molecule has 0 radical (unpaired) electrons. The fraction of sp³-hybridized carbons (Fsp3) is 0.647. The lowest BCUT2D eigenvalue weighted by Crippen LogP contribution is -2.20. The van der Waals surface area contributed by atoms with E-state index in [-0.39, 0.29) is 0 Å². The third-order valence-corrected chi connectivity index (χ3v) is 4.21. The number of thioether (sulfide) groups is 1. The van der Waals surface area contributed by atoms with Crippen LogP contribution in [0.1, 0.15) is 58.6 Å². The molecule has 1 N–H and O–H groups in total. The highest BCUT2D eigenvalue weighted by Crippen LogP contribution is 2.24. The van der Waals surface area contributed by atoms with Gasteiger partial charge in [0, 0.05) is 10.9 Å². The van der Waals surface area contributed by atoms with E-state index in [1.807, 2.05) is 11.8 Å². The molecule has 0 bridgehead atoms. The third kappa shape index (κ3) is 6.49. The van der Waals surface area contributed by atoms with Gasteiger partial charge in [0.1, 0.15) is 0 Å². The summed E-state index contributed by atoms with van der Waals surface area (Å²) in [6, 6.07) is 9.62. The second kappa shape index (κ2) is 9.44. The maximum absolute atomic E-state index is 3.62. The van der Waals surface area contributed by atoms with Crippen LogP contribution in [-0.2, 0) is 0 Å². The molecule has 0 fully saturated rings. The molecule has 0 aliphatic heterocycles. The zero-order chi connectivity index (χ0) is 14.1. The molecule has 1 nitrogen and oxygen atoms in total. The topological polar surface area (TPSA) is 12.0 Å². The summed E-state index contributed by atoms with van der Waals surface area (Å²) >= 11 is 1.91. The number of benzene rings is 1. The number of nitrogens with one attached hydrogen (secondary N) is 1. The van der Waals surface area contributed by atoms with Gasteiger partial charge in [0.05, 0.1) is 0 Å². The summed E-state index contributed by atoms with van der Waals surface area (Å²) in [6.07, 6.45) is 3.87. The Morgan fingerprint density at radius 1 is 1.05 bits per heavy atom. The van der Waals surface area contributed by atoms with Gasteiger partial charge in [0.2, 0.25) is 0 Å². The van der Waals surface area contributed by atoms with Crippen LogP contribution in [-0.4, -0.2) is 12.3 Å². The second-order valence-corrected chi connectivity index (χ2v) is 6.77. The molecule has 1 aromatic rings. The minimum atomic E-state index is 0.518. The minimum Gasteiger partial charge on any atom is -0.310 e. The maximum atomic E-state index is 3.62. The Kier molecular flexibility index (Phi) is 8.24. The first-order valence-electron chi connectivity index (χ1n) is 7.63. The predicted octanol–water partition coefficient (Wildman–Crippen LogP) is 5.28. The average Bonchev–Trinajstić information content (AvgIpc) is 2.39. The molecule has 108 valence electrons. The van der Waals surface area contributed by atoms with Crippen molar-refractivity contribution in [2.24, 2.45) is 5.92 Å². The molecular weight excluding hydrogens is 250 g/mol. The summed E-state index contributed by atoms with van der Waals surface area (Å²) in [5, 5.41) is 3.62. The SMILES string of the molecule is CCNC(CCCC(C)C)c1ccc(SCC)cc1. The third-order valence-electron chi connectivity index (χ3n) is 3.32. The van der Waals surface area contributed by atoms with Crippen molar-refractivity contribution in [2.75, 3.05) is 12.3 Å². The highest BCUT2D eigenvalue weighted by atomic mass is 32.2. The van der Waals surface area contributed by atoms with Gasteiger partial charge in [-0.15, -0.1) is 11.8 Å². The lowest BCUT2D eigenvalue weighted by atomic mass is 9.98. The van der Waals surface area contributed by atoms with Gasteiger partial charge in [-0.05, 0) is 42.3 Å². The van der Waals surface area contributed by atoms with Crippen molar-refractivity contribution in [3.8, 4) is 0 Å². The van der Waals surface area contributed by atoms with E-state index >= 15 is 0 Å². The molecule has 0 heterocycles. The Morgan fingerprint density at radius 2 is 1.74 bits per heavy atom. The summed E-state index contributed by atoms with van der Waals surface area (Å²) in [7, 11) is 0. The van der Waals surface area contributed by atoms with Crippen molar-refractivity contribution >= 4 is 11.8 Å². The highest BCUT2D eigenvalue weighted by Gasteiger charge is 2.10. The van der Waals surface area contributed by atoms with E-state index in [1.54, 1.807) is 0 Å². The Balaban J connectivity index is 2.58. The summed E-state index contributed by atoms with van der Waals surface area (Å²) in [5.74, 6) is 1.95. The molecule has 19 heavy (non-hydrogen) atoms. The van der Waals surface area contributed by atoms with Crippen LogP contribution in [0.4, 0.5) is 0 Å². The van der Waals surface area contributed by atoms with Crippen molar-refractivity contribution in [3.63, 3.8) is 0 Å². The van der Waals surface area contributed by atoms with E-state index < -0.39 is 0 Å². The van der Waals surface area contributed by atoms with Crippen LogP contribution in [0.25, 0.3) is 0 Å². The van der Waals surface area contributed by atoms with Crippen molar-refractivity contribution in [1.29, 1.82) is 0 Å². The maximum Gasteiger partial charge on any atom is 0.0320 e. The first-order chi connectivity index (χ1) is 9.17. The average molecular weight is 279 g/mol. The molecule has 1 unspecified atom stereocenters. The number of hydrogen-bond acceptors (Lipinski definition) is 2. The van der Waals surface area contributed by atoms with E-state index in [0.29, 0.717) is 6.04 Å². The Labute approximate surface area is 123 Å². The van der Waals surface area contributed by atoms with Crippen LogP contribution in [0, 0.1) is 5.92 Å². The predicted molar refractivity (Wildman–Crippen MR) is 87.9 cm³/mol. The van der Waals surface area contributed by atoms with Gasteiger partial charge in [-0.1, -0.05) is 52.7 Å². The minimum absolute atomic E-state index is 0.518. The molecule has 2 heteroatoms. The highest BCUT2D eigenvalue weighted by molar-refractivity contribution is 7.99. The fourth-order valence-electron chi connectivity index (χ4n) is 2.33. The molecule has 0 spiro atoms. The van der Waals surface area contributed by atoms with Gasteiger partial charge >= 0.3 is 0 Å². The largest absolute Gasteiger partial charge is 0.310 e. The molecular formula is C17H29NS. The van der Waals surface area contributed by atoms with Crippen molar-refractivity contribution in [3.05, 3.63) is 29.8 Å². The van der Waals surface area contributed by atoms with Gasteiger partial charge in [-0.2, -0.15) is 0 Å². The van der Waals surface area contributed by atoms with Crippen LogP contribution in [0.2, 0.25) is 0 Å². The molecule has 0 aromatic heterocycles. The molecule has 1 aromatic carbocycles. The molecule has 0 aliphatic carbocycles. The monoisotopic (exact) mass is 279 g/mol. The van der Waals surface area contributed by atoms with Crippen LogP contribution < -0.4 is 5.32 Å². The molecule has 0 saturated carbocycles. The quantitative estimate of drug-likeness (QED) is 0.618. The summed E-state index contributed by atoms with van der Waals surface area (Å²) < 4.78 is 0. The van der Waals surface area contributed by atoms with Crippen LogP contribution in [0.15, 0.2) is 29.2 Å². The van der Waals surface area contributed by atoms with E-state index in [4.69, 9.17) is 0 Å². The van der Waals surface area contributed by atoms with Gasteiger partial charge in [-0.25, -0.2) is 0 Å². The molecule has 0 amide bonds. The lowest BCUT2D eigenvalue weighted by molar-refractivity contribution is 0.455. The van der Waals surface area contributed by atoms with Crippen LogP contribution >= 0.6 is 11.8 Å². The van der Waals surface area contributed by atoms with Gasteiger partial charge in [-0.3, -0.25) is 0 Å². The zero-order valence-corrected chi connectivity index (χ0v) is 13.7. The second-order valence-electron chi connectivity index (χ2n) is 5.44. The Morgan fingerprint density at radius 3 is 2.26 bits per heavy atom.